The topological polar surface area (TPSA) is 99.5 Å². The van der Waals surface area contributed by atoms with E-state index >= 15 is 0 Å². The molecule has 0 unspecified atom stereocenters. The fourth-order valence-corrected chi connectivity index (χ4v) is 4.42. The van der Waals surface area contributed by atoms with Crippen molar-refractivity contribution in [3.05, 3.63) is 88.6 Å². The molecule has 1 fully saturated rings. The lowest BCUT2D eigenvalue weighted by atomic mass is 10.1. The predicted molar refractivity (Wildman–Crippen MR) is 129 cm³/mol. The SMILES string of the molecule is O=C(c1ccc2c(=O)nc3c(-c4ccc(F)cc4)n[nH]n3c2c1)N1CCN(c2ccccn2)CC1. The highest BCUT2D eigenvalue weighted by Crippen LogP contribution is 2.24. The maximum Gasteiger partial charge on any atom is 0.281 e. The Morgan fingerprint density at radius 3 is 2.51 bits per heavy atom. The van der Waals surface area contributed by atoms with Gasteiger partial charge in [-0.1, -0.05) is 6.07 Å². The molecule has 1 saturated heterocycles. The van der Waals surface area contributed by atoms with E-state index in [4.69, 9.17) is 0 Å². The molecule has 6 rings (SSSR count). The number of hydrogen-bond donors (Lipinski definition) is 1. The summed E-state index contributed by atoms with van der Waals surface area (Å²) in [5.41, 5.74) is 1.90. The van der Waals surface area contributed by atoms with E-state index in [0.717, 1.165) is 5.82 Å². The molecule has 2 aromatic carbocycles. The molecule has 1 amide bonds. The minimum absolute atomic E-state index is 0.108. The van der Waals surface area contributed by atoms with Crippen LogP contribution in [0.4, 0.5) is 10.2 Å². The Morgan fingerprint density at radius 2 is 1.77 bits per heavy atom. The van der Waals surface area contributed by atoms with Gasteiger partial charge in [0, 0.05) is 43.5 Å². The zero-order valence-electron chi connectivity index (χ0n) is 18.6. The van der Waals surface area contributed by atoms with E-state index < -0.39 is 5.56 Å². The average Bonchev–Trinajstić information content (AvgIpc) is 3.33. The van der Waals surface area contributed by atoms with E-state index in [1.165, 1.54) is 12.1 Å². The Labute approximate surface area is 198 Å². The molecule has 174 valence electrons. The summed E-state index contributed by atoms with van der Waals surface area (Å²) in [6, 6.07) is 16.5. The zero-order chi connectivity index (χ0) is 23.9. The molecule has 35 heavy (non-hydrogen) atoms. The third-order valence-electron chi connectivity index (χ3n) is 6.27. The number of carbonyl (C=O) groups is 1. The molecule has 0 bridgehead atoms. The number of fused-ring (bicyclic) bond motifs is 3. The Bertz CT molecular complexity index is 1600. The Balaban J connectivity index is 1.32. The minimum Gasteiger partial charge on any atom is -0.353 e. The van der Waals surface area contributed by atoms with Gasteiger partial charge in [0.1, 0.15) is 17.3 Å². The van der Waals surface area contributed by atoms with Crippen molar-refractivity contribution in [2.45, 2.75) is 0 Å². The summed E-state index contributed by atoms with van der Waals surface area (Å²) in [4.78, 5) is 38.6. The molecule has 9 nitrogen and oxygen atoms in total. The molecular formula is C25H20FN7O2. The van der Waals surface area contributed by atoms with Gasteiger partial charge in [-0.15, -0.1) is 0 Å². The summed E-state index contributed by atoms with van der Waals surface area (Å²) in [7, 11) is 0. The van der Waals surface area contributed by atoms with Gasteiger partial charge in [-0.05, 0) is 54.6 Å². The van der Waals surface area contributed by atoms with Crippen LogP contribution in [0.1, 0.15) is 10.4 Å². The molecule has 0 spiro atoms. The number of carbonyl (C=O) groups excluding carboxylic acids is 1. The molecule has 0 aliphatic carbocycles. The van der Waals surface area contributed by atoms with Gasteiger partial charge in [0.25, 0.3) is 11.5 Å². The van der Waals surface area contributed by atoms with Crippen molar-refractivity contribution in [2.24, 2.45) is 0 Å². The number of rotatable bonds is 3. The standard InChI is InChI=1S/C25H20FN7O2/c26-18-7-4-16(5-8-18)22-23-28-24(34)19-9-6-17(15-20(19)33(23)30-29-22)25(35)32-13-11-31(12-14-32)21-3-1-2-10-27-21/h1-10,15,30H,11-14H2. The number of H-pyrrole nitrogens is 1. The molecule has 4 heterocycles. The third kappa shape index (κ3) is 3.68. The fraction of sp³-hybridized carbons (Fsp3) is 0.160. The first-order chi connectivity index (χ1) is 17.1. The van der Waals surface area contributed by atoms with Gasteiger partial charge in [-0.3, -0.25) is 9.59 Å². The van der Waals surface area contributed by atoms with E-state index in [-0.39, 0.29) is 11.7 Å². The van der Waals surface area contributed by atoms with Crippen molar-refractivity contribution in [3.63, 3.8) is 0 Å². The molecule has 1 aliphatic heterocycles. The number of aromatic nitrogens is 5. The number of benzene rings is 2. The van der Waals surface area contributed by atoms with Crippen molar-refractivity contribution in [1.29, 1.82) is 0 Å². The fourth-order valence-electron chi connectivity index (χ4n) is 4.42. The molecule has 5 aromatic rings. The van der Waals surface area contributed by atoms with Gasteiger partial charge < -0.3 is 9.80 Å². The summed E-state index contributed by atoms with van der Waals surface area (Å²) < 4.78 is 14.9. The Hall–Kier alpha value is -4.60. The van der Waals surface area contributed by atoms with Crippen molar-refractivity contribution in [1.82, 2.24) is 29.7 Å². The van der Waals surface area contributed by atoms with Gasteiger partial charge in [0.15, 0.2) is 5.65 Å². The maximum atomic E-state index is 13.4. The first-order valence-corrected chi connectivity index (χ1v) is 11.2. The van der Waals surface area contributed by atoms with Crippen LogP contribution in [-0.2, 0) is 0 Å². The van der Waals surface area contributed by atoms with Crippen molar-refractivity contribution >= 4 is 28.3 Å². The van der Waals surface area contributed by atoms with Crippen molar-refractivity contribution in [3.8, 4) is 11.3 Å². The zero-order valence-corrected chi connectivity index (χ0v) is 18.6. The number of hydrogen-bond acceptors (Lipinski definition) is 6. The van der Waals surface area contributed by atoms with E-state index in [1.807, 2.05) is 18.2 Å². The summed E-state index contributed by atoms with van der Waals surface area (Å²) in [6.45, 7) is 2.51. The molecule has 10 heteroatoms. The smallest absolute Gasteiger partial charge is 0.281 e. The molecule has 0 radical (unpaired) electrons. The lowest BCUT2D eigenvalue weighted by molar-refractivity contribution is 0.0746. The number of halogens is 1. The number of nitrogens with one attached hydrogen (secondary N) is 1. The van der Waals surface area contributed by atoms with Gasteiger partial charge >= 0.3 is 0 Å². The van der Waals surface area contributed by atoms with Crippen molar-refractivity contribution in [2.75, 3.05) is 31.1 Å². The number of nitrogens with zero attached hydrogens (tertiary/aromatic N) is 6. The number of amides is 1. The van der Waals surface area contributed by atoms with Gasteiger partial charge in [0.2, 0.25) is 0 Å². The first-order valence-electron chi connectivity index (χ1n) is 11.2. The Kier molecular flexibility index (Phi) is 4.98. The molecular weight excluding hydrogens is 449 g/mol. The average molecular weight is 469 g/mol. The Morgan fingerprint density at radius 1 is 0.971 bits per heavy atom. The molecule has 0 saturated carbocycles. The van der Waals surface area contributed by atoms with E-state index in [0.29, 0.717) is 59.5 Å². The van der Waals surface area contributed by atoms with Gasteiger partial charge in [-0.25, -0.2) is 19.1 Å². The third-order valence-corrected chi connectivity index (χ3v) is 6.27. The summed E-state index contributed by atoms with van der Waals surface area (Å²) >= 11 is 0. The monoisotopic (exact) mass is 469 g/mol. The normalized spacial score (nSPS) is 14.1. The largest absolute Gasteiger partial charge is 0.353 e. The lowest BCUT2D eigenvalue weighted by Gasteiger charge is -2.35. The highest BCUT2D eigenvalue weighted by atomic mass is 19.1. The van der Waals surface area contributed by atoms with Gasteiger partial charge in [0.05, 0.1) is 10.9 Å². The highest BCUT2D eigenvalue weighted by molar-refractivity contribution is 5.98. The van der Waals surface area contributed by atoms with Crippen LogP contribution in [0.15, 0.2) is 71.7 Å². The van der Waals surface area contributed by atoms with Gasteiger partial charge in [-0.2, -0.15) is 10.1 Å². The summed E-state index contributed by atoms with van der Waals surface area (Å²) in [5, 5.41) is 7.54. The quantitative estimate of drug-likeness (QED) is 0.436. The second-order valence-electron chi connectivity index (χ2n) is 8.34. The number of aromatic amines is 1. The summed E-state index contributed by atoms with van der Waals surface area (Å²) in [6.07, 6.45) is 1.76. The predicted octanol–water partition coefficient (Wildman–Crippen LogP) is 2.73. The van der Waals surface area contributed by atoms with Crippen LogP contribution in [-0.4, -0.2) is 61.8 Å². The van der Waals surface area contributed by atoms with E-state index in [2.05, 4.69) is 25.2 Å². The van der Waals surface area contributed by atoms with Crippen LogP contribution in [0.25, 0.3) is 27.8 Å². The molecule has 1 aliphatic rings. The minimum atomic E-state index is -0.423. The molecule has 3 aromatic heterocycles. The van der Waals surface area contributed by atoms with Crippen LogP contribution < -0.4 is 10.5 Å². The highest BCUT2D eigenvalue weighted by Gasteiger charge is 2.24. The second kappa shape index (κ2) is 8.32. The van der Waals surface area contributed by atoms with Crippen LogP contribution in [0.5, 0.6) is 0 Å². The number of pyridine rings is 1. The van der Waals surface area contributed by atoms with Crippen LogP contribution in [0.2, 0.25) is 0 Å². The maximum absolute atomic E-state index is 13.4. The van der Waals surface area contributed by atoms with E-state index in [1.54, 1.807) is 45.9 Å². The van der Waals surface area contributed by atoms with Crippen LogP contribution >= 0.6 is 0 Å². The first kappa shape index (κ1) is 21.0. The molecule has 1 N–H and O–H groups in total. The number of anilines is 1. The second-order valence-corrected chi connectivity index (χ2v) is 8.34. The van der Waals surface area contributed by atoms with Crippen LogP contribution in [0, 0.1) is 5.82 Å². The van der Waals surface area contributed by atoms with E-state index in [9.17, 15) is 14.0 Å². The number of piperazine rings is 1. The summed E-state index contributed by atoms with van der Waals surface area (Å²) in [5.74, 6) is 0.424. The van der Waals surface area contributed by atoms with Crippen molar-refractivity contribution < 1.29 is 9.18 Å². The lowest BCUT2D eigenvalue weighted by Crippen LogP contribution is -2.49. The van der Waals surface area contributed by atoms with Crippen LogP contribution in [0.3, 0.4) is 0 Å². The molecule has 0 atom stereocenters.